The second-order valence-corrected chi connectivity index (χ2v) is 11.1. The van der Waals surface area contributed by atoms with Crippen LogP contribution in [0.15, 0.2) is 55.1 Å². The molecule has 0 unspecified atom stereocenters. The van der Waals surface area contributed by atoms with Crippen molar-refractivity contribution in [3.8, 4) is 17.2 Å². The highest BCUT2D eigenvalue weighted by atomic mass is 16.5. The van der Waals surface area contributed by atoms with E-state index in [-0.39, 0.29) is 23.0 Å². The number of benzene rings is 2. The fourth-order valence-electron chi connectivity index (χ4n) is 5.31. The fourth-order valence-corrected chi connectivity index (χ4v) is 5.31. The first-order chi connectivity index (χ1) is 20.9. The Labute approximate surface area is 254 Å². The van der Waals surface area contributed by atoms with Crippen LogP contribution >= 0.6 is 0 Å². The minimum Gasteiger partial charge on any atom is -0.494 e. The van der Waals surface area contributed by atoms with Gasteiger partial charge in [0.2, 0.25) is 0 Å². The smallest absolute Gasteiger partial charge is 0.343 e. The molecule has 0 N–H and O–H groups in total. The lowest BCUT2D eigenvalue weighted by atomic mass is 9.71. The molecule has 1 aliphatic rings. The fraction of sp³-hybridized carbons (Fsp3) is 0.486. The highest BCUT2D eigenvalue weighted by Gasteiger charge is 2.40. The van der Waals surface area contributed by atoms with Gasteiger partial charge in [0, 0.05) is 6.08 Å². The Morgan fingerprint density at radius 2 is 1.53 bits per heavy atom. The Bertz CT molecular complexity index is 1210. The van der Waals surface area contributed by atoms with Crippen molar-refractivity contribution < 1.29 is 38.1 Å². The van der Waals surface area contributed by atoms with Gasteiger partial charge in [-0.2, -0.15) is 0 Å². The molecule has 1 aliphatic carbocycles. The van der Waals surface area contributed by atoms with E-state index in [0.29, 0.717) is 30.8 Å². The molecule has 43 heavy (non-hydrogen) atoms. The van der Waals surface area contributed by atoms with Gasteiger partial charge < -0.3 is 18.9 Å². The minimum absolute atomic E-state index is 0.0923. The van der Waals surface area contributed by atoms with E-state index in [0.717, 1.165) is 89.5 Å². The van der Waals surface area contributed by atoms with Crippen LogP contribution in [0.3, 0.4) is 0 Å². The zero-order chi connectivity index (χ0) is 30.9. The molecule has 8 nitrogen and oxygen atoms in total. The van der Waals surface area contributed by atoms with Gasteiger partial charge in [0.15, 0.2) is 6.29 Å². The molecule has 0 atom stereocenters. The second-order valence-electron chi connectivity index (χ2n) is 11.1. The summed E-state index contributed by atoms with van der Waals surface area (Å²) in [5.41, 5.74) is -0.0414. The van der Waals surface area contributed by atoms with Gasteiger partial charge in [0.1, 0.15) is 17.2 Å². The third-order valence-electron chi connectivity index (χ3n) is 7.83. The predicted octanol–water partition coefficient (Wildman–Crippen LogP) is 7.82. The van der Waals surface area contributed by atoms with Gasteiger partial charge in [-0.15, -0.1) is 0 Å². The van der Waals surface area contributed by atoms with Crippen molar-refractivity contribution in [3.63, 3.8) is 0 Å². The first kappa shape index (κ1) is 33.6. The molecule has 2 aromatic carbocycles. The second kappa shape index (κ2) is 17.9. The molecular formula is C35H44O8. The molecule has 0 aromatic heterocycles. The van der Waals surface area contributed by atoms with E-state index in [2.05, 4.69) is 13.5 Å². The number of carbonyl (C=O) groups is 4. The van der Waals surface area contributed by atoms with Crippen LogP contribution in [0, 0.1) is 5.41 Å². The van der Waals surface area contributed by atoms with E-state index in [1.807, 2.05) is 0 Å². The Morgan fingerprint density at radius 3 is 2.21 bits per heavy atom. The molecular weight excluding hydrogens is 548 g/mol. The van der Waals surface area contributed by atoms with Crippen LogP contribution in [0.1, 0.15) is 111 Å². The Hall–Kier alpha value is -3.94. The van der Waals surface area contributed by atoms with Crippen molar-refractivity contribution in [2.75, 3.05) is 13.2 Å². The molecule has 0 radical (unpaired) electrons. The van der Waals surface area contributed by atoms with Crippen molar-refractivity contribution in [2.45, 2.75) is 90.4 Å². The summed E-state index contributed by atoms with van der Waals surface area (Å²) in [5, 5.41) is 0. The zero-order valence-corrected chi connectivity index (χ0v) is 25.3. The van der Waals surface area contributed by atoms with Gasteiger partial charge in [-0.25, -0.2) is 9.59 Å². The average molecular weight is 593 g/mol. The number of esters is 3. The number of aldehydes is 1. The molecule has 8 heteroatoms. The summed E-state index contributed by atoms with van der Waals surface area (Å²) < 4.78 is 22.0. The Kier molecular flexibility index (Phi) is 14.0. The van der Waals surface area contributed by atoms with Crippen molar-refractivity contribution in [1.29, 1.82) is 0 Å². The molecule has 232 valence electrons. The SMILES string of the molecule is C=CC(=O)OCCCCCCOc1ccc(C(=O)Oc2ccc(OC(=O)C3(CCCCC)CCCCC3)cc2C=O)cc1. The van der Waals surface area contributed by atoms with Gasteiger partial charge in [-0.1, -0.05) is 52.0 Å². The summed E-state index contributed by atoms with van der Waals surface area (Å²) in [4.78, 5) is 48.9. The maximum atomic E-state index is 13.3. The third kappa shape index (κ3) is 10.7. The van der Waals surface area contributed by atoms with Crippen molar-refractivity contribution in [1.82, 2.24) is 0 Å². The molecule has 3 rings (SSSR count). The van der Waals surface area contributed by atoms with Crippen LogP contribution in [-0.2, 0) is 14.3 Å². The first-order valence-electron chi connectivity index (χ1n) is 15.5. The lowest BCUT2D eigenvalue weighted by Gasteiger charge is -2.35. The molecule has 0 spiro atoms. The monoisotopic (exact) mass is 592 g/mol. The average Bonchev–Trinajstić information content (AvgIpc) is 3.03. The number of hydrogen-bond acceptors (Lipinski definition) is 8. The summed E-state index contributed by atoms with van der Waals surface area (Å²) in [6.07, 6.45) is 14.0. The molecule has 0 aliphatic heterocycles. The van der Waals surface area contributed by atoms with E-state index in [9.17, 15) is 19.2 Å². The first-order valence-corrected chi connectivity index (χ1v) is 15.5. The van der Waals surface area contributed by atoms with Gasteiger partial charge in [0.25, 0.3) is 0 Å². The summed E-state index contributed by atoms with van der Waals surface area (Å²) in [6, 6.07) is 11.1. The molecule has 2 aromatic rings. The highest BCUT2D eigenvalue weighted by Crippen LogP contribution is 2.42. The quantitative estimate of drug-likeness (QED) is 0.0567. The van der Waals surface area contributed by atoms with E-state index in [1.165, 1.54) is 12.1 Å². The number of ether oxygens (including phenoxy) is 4. The molecule has 0 heterocycles. The van der Waals surface area contributed by atoms with Crippen LogP contribution in [-0.4, -0.2) is 37.4 Å². The van der Waals surface area contributed by atoms with Crippen LogP contribution < -0.4 is 14.2 Å². The van der Waals surface area contributed by atoms with Crippen LogP contribution in [0.5, 0.6) is 17.2 Å². The zero-order valence-electron chi connectivity index (χ0n) is 25.3. The Morgan fingerprint density at radius 1 is 0.837 bits per heavy atom. The number of unbranched alkanes of at least 4 members (excludes halogenated alkanes) is 5. The minimum atomic E-state index is -0.617. The number of rotatable bonds is 18. The topological polar surface area (TPSA) is 105 Å². The molecule has 0 bridgehead atoms. The normalized spacial score (nSPS) is 13.9. The predicted molar refractivity (Wildman–Crippen MR) is 164 cm³/mol. The lowest BCUT2D eigenvalue weighted by Crippen LogP contribution is -2.37. The lowest BCUT2D eigenvalue weighted by molar-refractivity contribution is -0.148. The van der Waals surface area contributed by atoms with Gasteiger partial charge in [0.05, 0.1) is 29.8 Å². The summed E-state index contributed by atoms with van der Waals surface area (Å²) in [5.74, 6) is -0.273. The van der Waals surface area contributed by atoms with Gasteiger partial charge in [-0.05, 0) is 87.4 Å². The molecule has 1 fully saturated rings. The Balaban J connectivity index is 1.49. The maximum Gasteiger partial charge on any atom is 0.343 e. The summed E-state index contributed by atoms with van der Waals surface area (Å²) in [6.45, 7) is 6.41. The summed E-state index contributed by atoms with van der Waals surface area (Å²) in [7, 11) is 0. The van der Waals surface area contributed by atoms with E-state index >= 15 is 0 Å². The van der Waals surface area contributed by atoms with E-state index < -0.39 is 17.4 Å². The number of hydrogen-bond donors (Lipinski definition) is 0. The van der Waals surface area contributed by atoms with Crippen LogP contribution in [0.25, 0.3) is 0 Å². The standard InChI is InChI=1S/C35H44O8/c1-3-5-9-20-35(21-10-8-11-22-35)34(39)42-30-18-19-31(28(25-30)26-36)43-33(38)27-14-16-29(17-15-27)40-23-12-6-7-13-24-41-32(37)4-2/h4,14-19,25-26H,2-3,5-13,20-24H2,1H3. The number of carbonyl (C=O) groups excluding carboxylic acids is 4. The van der Waals surface area contributed by atoms with Crippen molar-refractivity contribution >= 4 is 24.2 Å². The van der Waals surface area contributed by atoms with Crippen molar-refractivity contribution in [3.05, 3.63) is 66.2 Å². The van der Waals surface area contributed by atoms with Crippen molar-refractivity contribution in [2.24, 2.45) is 5.41 Å². The summed E-state index contributed by atoms with van der Waals surface area (Å²) >= 11 is 0. The van der Waals surface area contributed by atoms with Gasteiger partial charge in [-0.3, -0.25) is 9.59 Å². The molecule has 0 saturated heterocycles. The van der Waals surface area contributed by atoms with E-state index in [4.69, 9.17) is 18.9 Å². The van der Waals surface area contributed by atoms with Gasteiger partial charge >= 0.3 is 17.9 Å². The van der Waals surface area contributed by atoms with Crippen LogP contribution in [0.2, 0.25) is 0 Å². The van der Waals surface area contributed by atoms with Crippen LogP contribution in [0.4, 0.5) is 0 Å². The highest BCUT2D eigenvalue weighted by molar-refractivity contribution is 5.93. The molecule has 0 amide bonds. The maximum absolute atomic E-state index is 13.3. The largest absolute Gasteiger partial charge is 0.494 e. The van der Waals surface area contributed by atoms with E-state index in [1.54, 1.807) is 30.3 Å². The third-order valence-corrected chi connectivity index (χ3v) is 7.83. The molecule has 1 saturated carbocycles.